The van der Waals surface area contributed by atoms with E-state index in [4.69, 9.17) is 4.74 Å². The minimum Gasteiger partial charge on any atom is -0.385 e. The maximum absolute atomic E-state index is 13.2. The lowest BCUT2D eigenvalue weighted by atomic mass is 9.80. The first-order valence-corrected chi connectivity index (χ1v) is 9.18. The Hall–Kier alpha value is -1.01. The van der Waals surface area contributed by atoms with Crippen LogP contribution in [0.4, 0.5) is 4.39 Å². The molecule has 24 heavy (non-hydrogen) atoms. The molecular weight excluding hydrogens is 307 g/mol. The average Bonchev–Trinajstić information content (AvgIpc) is 2.85. The highest BCUT2D eigenvalue weighted by Crippen LogP contribution is 2.45. The highest BCUT2D eigenvalue weighted by atomic mass is 19.1. The van der Waals surface area contributed by atoms with Crippen molar-refractivity contribution in [2.75, 3.05) is 39.4 Å². The van der Waals surface area contributed by atoms with Gasteiger partial charge in [0, 0.05) is 38.3 Å². The van der Waals surface area contributed by atoms with Gasteiger partial charge in [0.1, 0.15) is 5.82 Å². The number of fused-ring (bicyclic) bond motifs is 2. The van der Waals surface area contributed by atoms with Crippen molar-refractivity contribution >= 4 is 0 Å². The molecule has 0 aliphatic carbocycles. The van der Waals surface area contributed by atoms with Crippen LogP contribution in [0, 0.1) is 5.82 Å². The number of aliphatic hydroxyl groups is 1. The SMILES string of the molecule is OC1(c2ccc(F)cc2)CC2CCC(C1)N2CCN1CCOCC1. The van der Waals surface area contributed by atoms with Crippen LogP contribution in [0.15, 0.2) is 24.3 Å². The molecule has 4 nitrogen and oxygen atoms in total. The molecule has 2 atom stereocenters. The second-order valence-electron chi connectivity index (χ2n) is 7.52. The van der Waals surface area contributed by atoms with E-state index < -0.39 is 5.60 Å². The predicted octanol–water partition coefficient (Wildman–Crippen LogP) is 1.97. The number of piperidine rings is 1. The Balaban J connectivity index is 1.40. The van der Waals surface area contributed by atoms with Gasteiger partial charge in [-0.1, -0.05) is 12.1 Å². The molecule has 2 bridgehead atoms. The van der Waals surface area contributed by atoms with E-state index in [0.29, 0.717) is 12.1 Å². The monoisotopic (exact) mass is 334 g/mol. The van der Waals surface area contributed by atoms with Gasteiger partial charge < -0.3 is 9.84 Å². The summed E-state index contributed by atoms with van der Waals surface area (Å²) in [5.74, 6) is -0.242. The topological polar surface area (TPSA) is 35.9 Å². The van der Waals surface area contributed by atoms with Crippen LogP contribution in [0.25, 0.3) is 0 Å². The van der Waals surface area contributed by atoms with Crippen LogP contribution in [0.1, 0.15) is 31.2 Å². The minimum atomic E-state index is -0.797. The molecule has 0 radical (unpaired) electrons. The van der Waals surface area contributed by atoms with Crippen LogP contribution in [0.2, 0.25) is 0 Å². The molecule has 1 aromatic rings. The highest BCUT2D eigenvalue weighted by molar-refractivity contribution is 5.25. The zero-order chi connectivity index (χ0) is 16.6. The van der Waals surface area contributed by atoms with E-state index in [9.17, 15) is 9.50 Å². The summed E-state index contributed by atoms with van der Waals surface area (Å²) < 4.78 is 18.6. The van der Waals surface area contributed by atoms with Crippen LogP contribution in [-0.4, -0.2) is 66.4 Å². The quantitative estimate of drug-likeness (QED) is 0.913. The second kappa shape index (κ2) is 6.71. The maximum Gasteiger partial charge on any atom is 0.123 e. The molecule has 4 rings (SSSR count). The lowest BCUT2D eigenvalue weighted by Crippen LogP contribution is -2.52. The number of morpholine rings is 1. The molecule has 3 heterocycles. The molecule has 0 spiro atoms. The Morgan fingerprint density at radius 1 is 1.04 bits per heavy atom. The van der Waals surface area contributed by atoms with Gasteiger partial charge in [0.05, 0.1) is 18.8 Å². The van der Waals surface area contributed by atoms with Gasteiger partial charge in [-0.2, -0.15) is 0 Å². The molecule has 3 aliphatic heterocycles. The minimum absolute atomic E-state index is 0.242. The molecule has 132 valence electrons. The van der Waals surface area contributed by atoms with Crippen LogP contribution in [0.5, 0.6) is 0 Å². The number of hydrogen-bond acceptors (Lipinski definition) is 4. The third-order valence-corrected chi connectivity index (χ3v) is 6.08. The molecule has 3 saturated heterocycles. The number of rotatable bonds is 4. The summed E-state index contributed by atoms with van der Waals surface area (Å²) in [6.07, 6.45) is 3.85. The Labute approximate surface area is 143 Å². The standard InChI is InChI=1S/C19H27FN2O2/c20-16-3-1-15(2-4-16)19(23)13-17-5-6-18(14-19)22(17)8-7-21-9-11-24-12-10-21/h1-4,17-18,23H,5-14H2. The van der Waals surface area contributed by atoms with Crippen LogP contribution in [0.3, 0.4) is 0 Å². The number of halogens is 1. The number of ether oxygens (including phenoxy) is 1. The summed E-state index contributed by atoms with van der Waals surface area (Å²) in [6.45, 7) is 5.92. The van der Waals surface area contributed by atoms with Gasteiger partial charge in [0.15, 0.2) is 0 Å². The van der Waals surface area contributed by atoms with Crippen molar-refractivity contribution in [3.63, 3.8) is 0 Å². The molecule has 3 aliphatic rings. The van der Waals surface area contributed by atoms with Gasteiger partial charge in [-0.3, -0.25) is 9.80 Å². The van der Waals surface area contributed by atoms with E-state index in [-0.39, 0.29) is 5.82 Å². The molecule has 1 N–H and O–H groups in total. The molecule has 1 aromatic carbocycles. The Morgan fingerprint density at radius 3 is 2.29 bits per heavy atom. The summed E-state index contributed by atoms with van der Waals surface area (Å²) >= 11 is 0. The van der Waals surface area contributed by atoms with Crippen molar-refractivity contribution in [2.24, 2.45) is 0 Å². The van der Waals surface area contributed by atoms with E-state index in [0.717, 1.165) is 70.6 Å². The lowest BCUT2D eigenvalue weighted by Gasteiger charge is -2.44. The number of nitrogens with zero attached hydrogens (tertiary/aromatic N) is 2. The van der Waals surface area contributed by atoms with Crippen LogP contribution in [-0.2, 0) is 10.3 Å². The Morgan fingerprint density at radius 2 is 1.67 bits per heavy atom. The first-order chi connectivity index (χ1) is 11.6. The summed E-state index contributed by atoms with van der Waals surface area (Å²) in [4.78, 5) is 5.08. The zero-order valence-electron chi connectivity index (χ0n) is 14.2. The first-order valence-electron chi connectivity index (χ1n) is 9.18. The Bertz CT molecular complexity index is 545. The van der Waals surface area contributed by atoms with Gasteiger partial charge in [0.2, 0.25) is 0 Å². The van der Waals surface area contributed by atoms with Crippen LogP contribution < -0.4 is 0 Å². The lowest BCUT2D eigenvalue weighted by molar-refractivity contribution is -0.0603. The predicted molar refractivity (Wildman–Crippen MR) is 90.3 cm³/mol. The summed E-state index contributed by atoms with van der Waals surface area (Å²) in [5, 5.41) is 11.2. The maximum atomic E-state index is 13.2. The van der Waals surface area contributed by atoms with Crippen LogP contribution >= 0.6 is 0 Å². The fourth-order valence-electron chi connectivity index (χ4n) is 4.76. The van der Waals surface area contributed by atoms with Gasteiger partial charge in [-0.15, -0.1) is 0 Å². The third kappa shape index (κ3) is 3.23. The van der Waals surface area contributed by atoms with Crippen molar-refractivity contribution in [1.82, 2.24) is 9.80 Å². The zero-order valence-corrected chi connectivity index (χ0v) is 14.2. The fourth-order valence-corrected chi connectivity index (χ4v) is 4.76. The van der Waals surface area contributed by atoms with Gasteiger partial charge in [-0.05, 0) is 43.4 Å². The second-order valence-corrected chi connectivity index (χ2v) is 7.52. The van der Waals surface area contributed by atoms with Crippen molar-refractivity contribution in [1.29, 1.82) is 0 Å². The normalized spacial score (nSPS) is 34.6. The first kappa shape index (κ1) is 16.5. The molecule has 0 saturated carbocycles. The average molecular weight is 334 g/mol. The molecule has 3 fully saturated rings. The van der Waals surface area contributed by atoms with Crippen molar-refractivity contribution in [3.8, 4) is 0 Å². The third-order valence-electron chi connectivity index (χ3n) is 6.08. The summed E-state index contributed by atoms with van der Waals surface area (Å²) in [6, 6.07) is 7.30. The molecule has 0 amide bonds. The van der Waals surface area contributed by atoms with E-state index >= 15 is 0 Å². The van der Waals surface area contributed by atoms with Crippen molar-refractivity contribution in [3.05, 3.63) is 35.6 Å². The molecule has 5 heteroatoms. The molecule has 0 aromatic heterocycles. The fraction of sp³-hybridized carbons (Fsp3) is 0.684. The van der Waals surface area contributed by atoms with E-state index in [1.165, 1.54) is 12.1 Å². The molecule has 2 unspecified atom stereocenters. The Kier molecular flexibility index (Phi) is 4.60. The number of hydrogen-bond donors (Lipinski definition) is 1. The van der Waals surface area contributed by atoms with Crippen molar-refractivity contribution in [2.45, 2.75) is 43.4 Å². The van der Waals surface area contributed by atoms with Gasteiger partial charge >= 0.3 is 0 Å². The summed E-state index contributed by atoms with van der Waals surface area (Å²) in [7, 11) is 0. The van der Waals surface area contributed by atoms with Gasteiger partial charge in [0.25, 0.3) is 0 Å². The van der Waals surface area contributed by atoms with E-state index in [2.05, 4.69) is 9.80 Å². The highest BCUT2D eigenvalue weighted by Gasteiger charge is 2.48. The smallest absolute Gasteiger partial charge is 0.123 e. The van der Waals surface area contributed by atoms with Crippen molar-refractivity contribution < 1.29 is 14.2 Å². The molecular formula is C19H27FN2O2. The van der Waals surface area contributed by atoms with Gasteiger partial charge in [-0.25, -0.2) is 4.39 Å². The van der Waals surface area contributed by atoms with E-state index in [1.54, 1.807) is 12.1 Å². The number of benzene rings is 1. The largest absolute Gasteiger partial charge is 0.385 e. The summed E-state index contributed by atoms with van der Waals surface area (Å²) in [5.41, 5.74) is 0.0725. The van der Waals surface area contributed by atoms with E-state index in [1.807, 2.05) is 0 Å².